The topological polar surface area (TPSA) is 88.7 Å². The predicted molar refractivity (Wildman–Crippen MR) is 96.0 cm³/mol. The van der Waals surface area contributed by atoms with Crippen LogP contribution in [-0.4, -0.2) is 25.3 Å². The van der Waals surface area contributed by atoms with E-state index in [1.165, 1.54) is 6.92 Å². The number of nitrogens with one attached hydrogen (secondary N) is 3. The molecule has 0 aliphatic carbocycles. The maximum absolute atomic E-state index is 11.8. The molecule has 0 saturated heterocycles. The predicted octanol–water partition coefficient (Wildman–Crippen LogP) is 3.20. The zero-order valence-corrected chi connectivity index (χ0v) is 14.2. The molecule has 0 unspecified atom stereocenters. The van der Waals surface area contributed by atoms with E-state index in [1.807, 2.05) is 6.92 Å². The molecule has 0 aromatic heterocycles. The third-order valence-corrected chi connectivity index (χ3v) is 3.07. The van der Waals surface area contributed by atoms with Crippen LogP contribution in [-0.2, 0) is 4.79 Å². The third kappa shape index (κ3) is 6.42. The standard InChI is InChI=1S/C18H21N3O4/c1-3-24-16-8-10-17(11-9-16)25-12-19-18(23)21-15-6-4-14(5-7-15)20-13(2)22/h4-11H,3,12H2,1-2H3,(H,20,22)(H2,19,21,23). The summed E-state index contributed by atoms with van der Waals surface area (Å²) in [5, 5.41) is 7.92. The van der Waals surface area contributed by atoms with Gasteiger partial charge in [0.1, 0.15) is 11.5 Å². The normalized spacial score (nSPS) is 9.84. The number of anilines is 2. The molecule has 0 heterocycles. The summed E-state index contributed by atoms with van der Waals surface area (Å²) in [5.41, 5.74) is 1.27. The van der Waals surface area contributed by atoms with Crippen LogP contribution in [0.25, 0.3) is 0 Å². The molecule has 0 aliphatic heterocycles. The smallest absolute Gasteiger partial charge is 0.321 e. The average molecular weight is 343 g/mol. The summed E-state index contributed by atoms with van der Waals surface area (Å²) in [7, 11) is 0. The van der Waals surface area contributed by atoms with Crippen LogP contribution in [0.5, 0.6) is 11.5 Å². The molecule has 2 aromatic carbocycles. The summed E-state index contributed by atoms with van der Waals surface area (Å²) >= 11 is 0. The van der Waals surface area contributed by atoms with E-state index in [0.29, 0.717) is 23.7 Å². The van der Waals surface area contributed by atoms with Crippen LogP contribution in [0.4, 0.5) is 16.2 Å². The van der Waals surface area contributed by atoms with Crippen LogP contribution >= 0.6 is 0 Å². The van der Waals surface area contributed by atoms with E-state index in [-0.39, 0.29) is 12.6 Å². The minimum atomic E-state index is -0.391. The molecular weight excluding hydrogens is 322 g/mol. The largest absolute Gasteiger partial charge is 0.494 e. The van der Waals surface area contributed by atoms with Gasteiger partial charge in [0.05, 0.1) is 6.61 Å². The van der Waals surface area contributed by atoms with E-state index in [0.717, 1.165) is 5.75 Å². The number of benzene rings is 2. The summed E-state index contributed by atoms with van der Waals surface area (Å²) in [6.45, 7) is 3.99. The second-order valence-electron chi connectivity index (χ2n) is 5.08. The van der Waals surface area contributed by atoms with Crippen LogP contribution in [0.3, 0.4) is 0 Å². The molecule has 3 N–H and O–H groups in total. The molecule has 3 amide bonds. The Hall–Kier alpha value is -3.22. The summed E-state index contributed by atoms with van der Waals surface area (Å²) in [6, 6.07) is 13.5. The quantitative estimate of drug-likeness (QED) is 0.674. The van der Waals surface area contributed by atoms with Crippen molar-refractivity contribution in [2.75, 3.05) is 24.0 Å². The molecule has 0 radical (unpaired) electrons. The fraction of sp³-hybridized carbons (Fsp3) is 0.222. The van der Waals surface area contributed by atoms with Crippen LogP contribution in [0.15, 0.2) is 48.5 Å². The Bertz CT molecular complexity index is 699. The average Bonchev–Trinajstić information content (AvgIpc) is 2.58. The summed E-state index contributed by atoms with van der Waals surface area (Å²) in [4.78, 5) is 22.8. The van der Waals surface area contributed by atoms with E-state index in [1.54, 1.807) is 48.5 Å². The molecule has 0 spiro atoms. The van der Waals surface area contributed by atoms with Crippen LogP contribution < -0.4 is 25.4 Å². The van der Waals surface area contributed by atoms with E-state index in [4.69, 9.17) is 9.47 Å². The zero-order valence-electron chi connectivity index (χ0n) is 14.2. The van der Waals surface area contributed by atoms with Gasteiger partial charge in [0.15, 0.2) is 6.73 Å². The lowest BCUT2D eigenvalue weighted by molar-refractivity contribution is -0.114. The van der Waals surface area contributed by atoms with Crippen molar-refractivity contribution in [3.05, 3.63) is 48.5 Å². The van der Waals surface area contributed by atoms with Crippen LogP contribution in [0.2, 0.25) is 0 Å². The van der Waals surface area contributed by atoms with Crippen molar-refractivity contribution in [3.63, 3.8) is 0 Å². The van der Waals surface area contributed by atoms with Gasteiger partial charge in [-0.2, -0.15) is 0 Å². The number of rotatable bonds is 7. The lowest BCUT2D eigenvalue weighted by Crippen LogP contribution is -2.31. The van der Waals surface area contributed by atoms with Gasteiger partial charge in [-0.3, -0.25) is 4.79 Å². The molecule has 7 nitrogen and oxygen atoms in total. The highest BCUT2D eigenvalue weighted by molar-refractivity contribution is 5.91. The number of amides is 3. The Labute approximate surface area is 146 Å². The Balaban J connectivity index is 1.74. The molecule has 132 valence electrons. The van der Waals surface area contributed by atoms with Gasteiger partial charge in [0.25, 0.3) is 0 Å². The second-order valence-corrected chi connectivity index (χ2v) is 5.08. The minimum absolute atomic E-state index is 0.0315. The number of urea groups is 1. The van der Waals surface area contributed by atoms with Crippen LogP contribution in [0.1, 0.15) is 13.8 Å². The number of hydrogen-bond acceptors (Lipinski definition) is 4. The molecule has 2 aromatic rings. The number of carbonyl (C=O) groups excluding carboxylic acids is 2. The number of carbonyl (C=O) groups is 2. The monoisotopic (exact) mass is 343 g/mol. The van der Waals surface area contributed by atoms with E-state index in [9.17, 15) is 9.59 Å². The Kier molecular flexibility index (Phi) is 6.65. The second kappa shape index (κ2) is 9.17. The first-order valence-corrected chi connectivity index (χ1v) is 7.85. The third-order valence-electron chi connectivity index (χ3n) is 3.07. The van der Waals surface area contributed by atoms with Gasteiger partial charge in [0.2, 0.25) is 5.91 Å². The molecule has 0 atom stereocenters. The first-order chi connectivity index (χ1) is 12.1. The summed E-state index contributed by atoms with van der Waals surface area (Å²) < 4.78 is 10.8. The van der Waals surface area contributed by atoms with E-state index < -0.39 is 6.03 Å². The lowest BCUT2D eigenvalue weighted by atomic mass is 10.3. The Morgan fingerprint density at radius 3 is 1.88 bits per heavy atom. The molecule has 0 fully saturated rings. The highest BCUT2D eigenvalue weighted by Crippen LogP contribution is 2.17. The van der Waals surface area contributed by atoms with Crippen molar-refractivity contribution in [2.24, 2.45) is 0 Å². The summed E-state index contributed by atoms with van der Waals surface area (Å²) in [5.74, 6) is 1.25. The van der Waals surface area contributed by atoms with Crippen molar-refractivity contribution >= 4 is 23.3 Å². The maximum Gasteiger partial charge on any atom is 0.321 e. The van der Waals surface area contributed by atoms with Gasteiger partial charge in [-0.25, -0.2) is 4.79 Å². The Morgan fingerprint density at radius 2 is 1.36 bits per heavy atom. The molecule has 0 aliphatic rings. The minimum Gasteiger partial charge on any atom is -0.494 e. The lowest BCUT2D eigenvalue weighted by Gasteiger charge is -2.10. The number of hydrogen-bond donors (Lipinski definition) is 3. The fourth-order valence-corrected chi connectivity index (χ4v) is 2.00. The van der Waals surface area contributed by atoms with Crippen molar-refractivity contribution < 1.29 is 19.1 Å². The molecule has 25 heavy (non-hydrogen) atoms. The van der Waals surface area contributed by atoms with Crippen molar-refractivity contribution in [1.29, 1.82) is 0 Å². The Morgan fingerprint density at radius 1 is 0.840 bits per heavy atom. The van der Waals surface area contributed by atoms with Crippen molar-refractivity contribution in [2.45, 2.75) is 13.8 Å². The van der Waals surface area contributed by atoms with Gasteiger partial charge >= 0.3 is 6.03 Å². The van der Waals surface area contributed by atoms with Crippen molar-refractivity contribution in [1.82, 2.24) is 5.32 Å². The van der Waals surface area contributed by atoms with E-state index in [2.05, 4.69) is 16.0 Å². The van der Waals surface area contributed by atoms with Gasteiger partial charge in [-0.1, -0.05) is 0 Å². The van der Waals surface area contributed by atoms with Gasteiger partial charge in [-0.05, 0) is 55.5 Å². The van der Waals surface area contributed by atoms with Gasteiger partial charge in [-0.15, -0.1) is 0 Å². The molecule has 0 bridgehead atoms. The number of ether oxygens (including phenoxy) is 2. The highest BCUT2D eigenvalue weighted by Gasteiger charge is 2.02. The molecule has 7 heteroatoms. The van der Waals surface area contributed by atoms with Crippen molar-refractivity contribution in [3.8, 4) is 11.5 Å². The summed E-state index contributed by atoms with van der Waals surface area (Å²) in [6.07, 6.45) is 0. The molecule has 2 rings (SSSR count). The van der Waals surface area contributed by atoms with Gasteiger partial charge in [0, 0.05) is 18.3 Å². The SMILES string of the molecule is CCOc1ccc(OCNC(=O)Nc2ccc(NC(C)=O)cc2)cc1. The zero-order chi connectivity index (χ0) is 18.1. The first-order valence-electron chi connectivity index (χ1n) is 7.85. The first kappa shape index (κ1) is 18.1. The molecule has 0 saturated carbocycles. The van der Waals surface area contributed by atoms with Crippen LogP contribution in [0, 0.1) is 0 Å². The van der Waals surface area contributed by atoms with Gasteiger partial charge < -0.3 is 25.4 Å². The fourth-order valence-electron chi connectivity index (χ4n) is 2.00. The highest BCUT2D eigenvalue weighted by atomic mass is 16.5. The maximum atomic E-state index is 11.8. The van der Waals surface area contributed by atoms with E-state index >= 15 is 0 Å². The molecular formula is C18H21N3O4.